The van der Waals surface area contributed by atoms with E-state index in [1.807, 2.05) is 24.4 Å². The van der Waals surface area contributed by atoms with E-state index in [1.165, 1.54) is 5.56 Å². The molecule has 4 aromatic rings. The van der Waals surface area contributed by atoms with Crippen molar-refractivity contribution in [2.24, 2.45) is 0 Å². The number of allylic oxidation sites excluding steroid dienone is 1. The van der Waals surface area contributed by atoms with Gasteiger partial charge in [0.1, 0.15) is 11.6 Å². The maximum atomic E-state index is 4.92. The van der Waals surface area contributed by atoms with E-state index in [0.717, 1.165) is 66.3 Å². The third kappa shape index (κ3) is 3.86. The first-order chi connectivity index (χ1) is 15.3. The van der Waals surface area contributed by atoms with Gasteiger partial charge in [0.05, 0.1) is 12.2 Å². The number of nitrogens with one attached hydrogen (secondary N) is 2. The zero-order valence-electron chi connectivity index (χ0n) is 17.5. The Bertz CT molecular complexity index is 1190. The minimum absolute atomic E-state index is 0.601. The number of aromatic nitrogens is 6. The van der Waals surface area contributed by atoms with Crippen LogP contribution in [-0.2, 0) is 19.4 Å². The van der Waals surface area contributed by atoms with Crippen LogP contribution in [0.5, 0.6) is 0 Å². The lowest BCUT2D eigenvalue weighted by molar-refractivity contribution is 0.682. The molecule has 31 heavy (non-hydrogen) atoms. The first-order valence-electron chi connectivity index (χ1n) is 10.8. The fraction of sp³-hybridized carbons (Fsp3) is 0.250. The molecule has 0 radical (unpaired) electrons. The van der Waals surface area contributed by atoms with Gasteiger partial charge in [-0.25, -0.2) is 4.98 Å². The van der Waals surface area contributed by atoms with Crippen molar-refractivity contribution in [3.8, 4) is 22.5 Å². The number of imidazole rings is 1. The van der Waals surface area contributed by atoms with Gasteiger partial charge in [-0.1, -0.05) is 68.0 Å². The summed E-state index contributed by atoms with van der Waals surface area (Å²) in [6.07, 6.45) is 8.34. The Hall–Kier alpha value is -3.74. The maximum absolute atomic E-state index is 4.92. The van der Waals surface area contributed by atoms with Crippen molar-refractivity contribution in [1.29, 1.82) is 0 Å². The lowest BCUT2D eigenvalue weighted by Crippen LogP contribution is -2.10. The summed E-state index contributed by atoms with van der Waals surface area (Å²) in [5.74, 6) is 2.89. The third-order valence-corrected chi connectivity index (χ3v) is 5.64. The number of hydrogen-bond acceptors (Lipinski definition) is 5. The molecule has 0 saturated carbocycles. The van der Waals surface area contributed by atoms with Gasteiger partial charge in [0.15, 0.2) is 0 Å². The molecule has 2 aromatic carbocycles. The van der Waals surface area contributed by atoms with Crippen LogP contribution < -0.4 is 5.32 Å². The van der Waals surface area contributed by atoms with Crippen molar-refractivity contribution in [2.45, 2.75) is 39.2 Å². The van der Waals surface area contributed by atoms with Crippen LogP contribution in [0.2, 0.25) is 0 Å². The van der Waals surface area contributed by atoms with Crippen molar-refractivity contribution in [1.82, 2.24) is 30.2 Å². The Morgan fingerprint density at radius 1 is 1.03 bits per heavy atom. The van der Waals surface area contributed by atoms with Crippen LogP contribution in [-0.4, -0.2) is 30.2 Å². The summed E-state index contributed by atoms with van der Waals surface area (Å²) in [4.78, 5) is 4.92. The summed E-state index contributed by atoms with van der Waals surface area (Å²) in [6, 6.07) is 16.8. The Morgan fingerprint density at radius 3 is 2.65 bits per heavy atom. The second kappa shape index (κ2) is 8.55. The van der Waals surface area contributed by atoms with E-state index in [1.54, 1.807) is 0 Å². The van der Waals surface area contributed by atoms with Gasteiger partial charge in [-0.3, -0.25) is 0 Å². The normalized spacial score (nSPS) is 12.5. The van der Waals surface area contributed by atoms with E-state index in [4.69, 9.17) is 4.98 Å². The molecule has 156 valence electrons. The van der Waals surface area contributed by atoms with Gasteiger partial charge in [0.2, 0.25) is 5.82 Å². The maximum Gasteiger partial charge on any atom is 0.205 e. The van der Waals surface area contributed by atoms with Crippen LogP contribution in [0.25, 0.3) is 22.5 Å². The topological polar surface area (TPSA) is 84.3 Å². The number of hydrogen-bond donors (Lipinski definition) is 2. The number of benzene rings is 2. The molecule has 0 spiro atoms. The Morgan fingerprint density at radius 2 is 1.87 bits per heavy atom. The van der Waals surface area contributed by atoms with Gasteiger partial charge in [-0.2, -0.15) is 5.21 Å². The number of aryl methyl sites for hydroxylation is 1. The standard InChI is InChI=1S/C24H25N7/c1-2-3-10-22-26-21-9-6-15-25-24(21)31(22)16-17-11-13-18(14-12-17)19-7-4-5-8-20(19)23-27-29-30-28-23/h4-8,11-15,25H,2-3,9-10,16H2,1H3,(H,27,28,29,30). The van der Waals surface area contributed by atoms with Crippen LogP contribution >= 0.6 is 0 Å². The van der Waals surface area contributed by atoms with Crippen LogP contribution in [0.3, 0.4) is 0 Å². The molecule has 3 heterocycles. The molecular weight excluding hydrogens is 386 g/mol. The summed E-state index contributed by atoms with van der Waals surface area (Å²) >= 11 is 0. The zero-order chi connectivity index (χ0) is 21.0. The summed E-state index contributed by atoms with van der Waals surface area (Å²) < 4.78 is 2.33. The highest BCUT2D eigenvalue weighted by atomic mass is 15.5. The van der Waals surface area contributed by atoms with Crippen LogP contribution in [0.1, 0.15) is 36.8 Å². The lowest BCUT2D eigenvalue weighted by atomic mass is 9.98. The van der Waals surface area contributed by atoms with Gasteiger partial charge in [-0.15, -0.1) is 10.2 Å². The summed E-state index contributed by atoms with van der Waals surface area (Å²) in [7, 11) is 0. The molecule has 7 nitrogen and oxygen atoms in total. The van der Waals surface area contributed by atoms with Crippen molar-refractivity contribution < 1.29 is 0 Å². The third-order valence-electron chi connectivity index (χ3n) is 5.64. The molecule has 0 bridgehead atoms. The van der Waals surface area contributed by atoms with Gasteiger partial charge >= 0.3 is 0 Å². The molecule has 2 aromatic heterocycles. The number of anilines is 1. The highest BCUT2D eigenvalue weighted by molar-refractivity contribution is 5.80. The summed E-state index contributed by atoms with van der Waals surface area (Å²) in [6.45, 7) is 3.02. The Balaban J connectivity index is 1.43. The lowest BCUT2D eigenvalue weighted by Gasteiger charge is -2.15. The molecule has 7 heteroatoms. The fourth-order valence-electron chi connectivity index (χ4n) is 4.04. The first kappa shape index (κ1) is 19.2. The first-order valence-corrected chi connectivity index (χ1v) is 10.8. The monoisotopic (exact) mass is 411 g/mol. The molecule has 0 unspecified atom stereocenters. The average Bonchev–Trinajstić information content (AvgIpc) is 3.47. The van der Waals surface area contributed by atoms with Crippen molar-refractivity contribution in [2.75, 3.05) is 5.32 Å². The predicted molar refractivity (Wildman–Crippen MR) is 121 cm³/mol. The molecule has 0 atom stereocenters. The summed E-state index contributed by atoms with van der Waals surface area (Å²) in [5.41, 5.74) is 5.56. The number of rotatable bonds is 7. The highest BCUT2D eigenvalue weighted by Crippen LogP contribution is 2.30. The van der Waals surface area contributed by atoms with E-state index < -0.39 is 0 Å². The second-order valence-electron chi connectivity index (χ2n) is 7.74. The second-order valence-corrected chi connectivity index (χ2v) is 7.74. The van der Waals surface area contributed by atoms with Gasteiger partial charge in [0, 0.05) is 18.4 Å². The molecule has 2 N–H and O–H groups in total. The molecule has 1 aliphatic rings. The van der Waals surface area contributed by atoms with Gasteiger partial charge in [0.25, 0.3) is 0 Å². The van der Waals surface area contributed by atoms with E-state index in [-0.39, 0.29) is 0 Å². The van der Waals surface area contributed by atoms with Crippen LogP contribution in [0.15, 0.2) is 60.8 Å². The number of fused-ring (bicyclic) bond motifs is 1. The van der Waals surface area contributed by atoms with Crippen molar-refractivity contribution >= 4 is 5.82 Å². The highest BCUT2D eigenvalue weighted by Gasteiger charge is 2.18. The SMILES string of the molecule is CCCCc1nc2c(n1Cc1ccc(-c3ccccc3-c3nn[nH]n3)cc1)NC=CC2. The molecule has 0 fully saturated rings. The minimum atomic E-state index is 0.601. The molecule has 0 saturated heterocycles. The Labute approximate surface area is 181 Å². The van der Waals surface area contributed by atoms with Crippen LogP contribution in [0.4, 0.5) is 5.82 Å². The fourth-order valence-corrected chi connectivity index (χ4v) is 4.04. The Kier molecular flexibility index (Phi) is 5.31. The molecule has 1 aliphatic heterocycles. The number of H-pyrrole nitrogens is 1. The number of aromatic amines is 1. The predicted octanol–water partition coefficient (Wildman–Crippen LogP) is 4.60. The van der Waals surface area contributed by atoms with Crippen molar-refractivity contribution in [3.63, 3.8) is 0 Å². The molecular formula is C24H25N7. The quantitative estimate of drug-likeness (QED) is 0.464. The number of nitrogens with zero attached hydrogens (tertiary/aromatic N) is 5. The van der Waals surface area contributed by atoms with Crippen molar-refractivity contribution in [3.05, 3.63) is 77.9 Å². The summed E-state index contributed by atoms with van der Waals surface area (Å²) in [5, 5.41) is 17.9. The van der Waals surface area contributed by atoms with E-state index >= 15 is 0 Å². The molecule has 0 aliphatic carbocycles. The molecule has 5 rings (SSSR count). The smallest absolute Gasteiger partial charge is 0.205 e. The number of unbranched alkanes of at least 4 members (excludes halogenated alkanes) is 1. The van der Waals surface area contributed by atoms with E-state index in [0.29, 0.717) is 5.82 Å². The molecule has 0 amide bonds. The minimum Gasteiger partial charge on any atom is -0.347 e. The number of tetrazole rings is 1. The average molecular weight is 412 g/mol. The largest absolute Gasteiger partial charge is 0.347 e. The van der Waals surface area contributed by atoms with E-state index in [9.17, 15) is 0 Å². The van der Waals surface area contributed by atoms with Gasteiger partial charge < -0.3 is 9.88 Å². The van der Waals surface area contributed by atoms with Gasteiger partial charge in [-0.05, 0) is 34.5 Å². The van der Waals surface area contributed by atoms with Crippen LogP contribution in [0, 0.1) is 0 Å². The zero-order valence-corrected chi connectivity index (χ0v) is 17.5. The van der Waals surface area contributed by atoms with E-state index in [2.05, 4.69) is 73.8 Å².